The number of halogens is 2. The molecule has 0 saturated carbocycles. The first kappa shape index (κ1) is 17.7. The minimum absolute atomic E-state index is 0.127. The van der Waals surface area contributed by atoms with Gasteiger partial charge >= 0.3 is 0 Å². The summed E-state index contributed by atoms with van der Waals surface area (Å²) in [4.78, 5) is -0.127. The lowest BCUT2D eigenvalue weighted by atomic mass is 10.0. The number of benzene rings is 2. The molecule has 0 bridgehead atoms. The first-order valence-electron chi connectivity index (χ1n) is 7.02. The Labute approximate surface area is 140 Å². The minimum atomic E-state index is -3.72. The van der Waals surface area contributed by atoms with Crippen molar-refractivity contribution in [2.24, 2.45) is 0 Å². The Balaban J connectivity index is 2.50. The van der Waals surface area contributed by atoms with Crippen LogP contribution < -0.4 is 9.46 Å². The fourth-order valence-corrected chi connectivity index (χ4v) is 3.53. The van der Waals surface area contributed by atoms with Crippen molar-refractivity contribution in [2.75, 3.05) is 13.7 Å². The summed E-state index contributed by atoms with van der Waals surface area (Å²) in [5, 5.41) is 0.322. The second-order valence-corrected chi connectivity index (χ2v) is 7.03. The smallest absolute Gasteiger partial charge is 0.240 e. The van der Waals surface area contributed by atoms with Crippen molar-refractivity contribution < 1.29 is 17.5 Å². The predicted octanol–water partition coefficient (Wildman–Crippen LogP) is 3.84. The average molecular weight is 358 g/mol. The second-order valence-electron chi connectivity index (χ2n) is 4.86. The van der Waals surface area contributed by atoms with Crippen molar-refractivity contribution in [1.29, 1.82) is 0 Å². The van der Waals surface area contributed by atoms with Gasteiger partial charge in [-0.2, -0.15) is 0 Å². The highest BCUT2D eigenvalue weighted by Crippen LogP contribution is 2.38. The van der Waals surface area contributed by atoms with Gasteiger partial charge in [-0.1, -0.05) is 24.6 Å². The topological polar surface area (TPSA) is 55.4 Å². The van der Waals surface area contributed by atoms with Gasteiger partial charge < -0.3 is 4.74 Å². The van der Waals surface area contributed by atoms with Gasteiger partial charge in [0.25, 0.3) is 0 Å². The highest BCUT2D eigenvalue weighted by Gasteiger charge is 2.19. The van der Waals surface area contributed by atoms with Crippen LogP contribution in [-0.4, -0.2) is 22.1 Å². The average Bonchev–Trinajstić information content (AvgIpc) is 2.53. The molecule has 0 saturated heterocycles. The zero-order valence-electron chi connectivity index (χ0n) is 12.8. The van der Waals surface area contributed by atoms with Crippen molar-refractivity contribution in [3.8, 4) is 16.9 Å². The maximum atomic E-state index is 14.5. The number of nitrogens with one attached hydrogen (secondary N) is 1. The van der Waals surface area contributed by atoms with E-state index >= 15 is 0 Å². The number of rotatable bonds is 6. The van der Waals surface area contributed by atoms with E-state index in [1.54, 1.807) is 18.2 Å². The highest BCUT2D eigenvalue weighted by atomic mass is 35.5. The summed E-state index contributed by atoms with van der Waals surface area (Å²) in [6.07, 6.45) is 0.649. The maximum absolute atomic E-state index is 14.5. The van der Waals surface area contributed by atoms with Crippen LogP contribution in [0, 0.1) is 5.82 Å². The third kappa shape index (κ3) is 3.83. The summed E-state index contributed by atoms with van der Waals surface area (Å²) in [6.45, 7) is 2.14. The minimum Gasteiger partial charge on any atom is -0.496 e. The van der Waals surface area contributed by atoms with Gasteiger partial charge in [-0.25, -0.2) is 17.5 Å². The molecule has 0 aliphatic heterocycles. The van der Waals surface area contributed by atoms with Gasteiger partial charge in [0.15, 0.2) is 0 Å². The Morgan fingerprint density at radius 1 is 1.26 bits per heavy atom. The standard InChI is InChI=1S/C16H17ClFNO3S/c1-3-9-19-23(20,21)11-7-8-12(14(18)10-11)16-13(17)5-4-6-15(16)22-2/h4-8,10,19H,3,9H2,1-2H3. The van der Waals surface area contributed by atoms with Crippen LogP contribution in [0.5, 0.6) is 5.75 Å². The molecule has 0 atom stereocenters. The molecule has 23 heavy (non-hydrogen) atoms. The largest absolute Gasteiger partial charge is 0.496 e. The van der Waals surface area contributed by atoms with Crippen molar-refractivity contribution in [1.82, 2.24) is 4.72 Å². The van der Waals surface area contributed by atoms with E-state index in [2.05, 4.69) is 4.72 Å². The Bertz CT molecular complexity index is 809. The molecular formula is C16H17ClFNO3S. The van der Waals surface area contributed by atoms with Gasteiger partial charge in [-0.15, -0.1) is 0 Å². The van der Waals surface area contributed by atoms with Gasteiger partial charge in [0.1, 0.15) is 11.6 Å². The van der Waals surface area contributed by atoms with E-state index in [4.69, 9.17) is 16.3 Å². The molecule has 0 heterocycles. The Kier molecular flexibility index (Phi) is 5.62. The van der Waals surface area contributed by atoms with E-state index in [0.717, 1.165) is 6.07 Å². The van der Waals surface area contributed by atoms with Crippen LogP contribution in [0.2, 0.25) is 5.02 Å². The molecule has 7 heteroatoms. The number of sulfonamides is 1. The highest BCUT2D eigenvalue weighted by molar-refractivity contribution is 7.89. The Hall–Kier alpha value is -1.63. The van der Waals surface area contributed by atoms with Crippen molar-refractivity contribution >= 4 is 21.6 Å². The fraction of sp³-hybridized carbons (Fsp3) is 0.250. The molecule has 0 spiro atoms. The summed E-state index contributed by atoms with van der Waals surface area (Å²) < 4.78 is 46.2. The molecule has 0 aromatic heterocycles. The second kappa shape index (κ2) is 7.29. The first-order chi connectivity index (χ1) is 10.9. The van der Waals surface area contributed by atoms with Gasteiger partial charge in [0.05, 0.1) is 17.0 Å². The summed E-state index contributed by atoms with van der Waals surface area (Å²) in [6, 6.07) is 8.69. The van der Waals surface area contributed by atoms with Gasteiger partial charge in [-0.3, -0.25) is 0 Å². The third-order valence-corrected chi connectivity index (χ3v) is 5.03. The summed E-state index contributed by atoms with van der Waals surface area (Å²) >= 11 is 6.14. The fourth-order valence-electron chi connectivity index (χ4n) is 2.12. The zero-order valence-corrected chi connectivity index (χ0v) is 14.3. The summed E-state index contributed by atoms with van der Waals surface area (Å²) in [5.41, 5.74) is 0.571. The maximum Gasteiger partial charge on any atom is 0.240 e. The lowest BCUT2D eigenvalue weighted by Gasteiger charge is -2.12. The zero-order chi connectivity index (χ0) is 17.0. The van der Waals surface area contributed by atoms with Crippen molar-refractivity contribution in [3.63, 3.8) is 0 Å². The van der Waals surface area contributed by atoms with Crippen molar-refractivity contribution in [3.05, 3.63) is 47.2 Å². The molecule has 2 rings (SSSR count). The lowest BCUT2D eigenvalue weighted by molar-refractivity contribution is 0.416. The van der Waals surface area contributed by atoms with Gasteiger partial charge in [0, 0.05) is 17.7 Å². The summed E-state index contributed by atoms with van der Waals surface area (Å²) in [5.74, 6) is -0.271. The normalized spacial score (nSPS) is 11.5. The number of methoxy groups -OCH3 is 1. The Morgan fingerprint density at radius 3 is 2.61 bits per heavy atom. The molecule has 0 aliphatic carbocycles. The molecule has 2 aromatic carbocycles. The van der Waals surface area contributed by atoms with Crippen LogP contribution in [0.1, 0.15) is 13.3 Å². The van der Waals surface area contributed by atoms with Crippen LogP contribution in [0.15, 0.2) is 41.3 Å². The lowest BCUT2D eigenvalue weighted by Crippen LogP contribution is -2.24. The van der Waals surface area contributed by atoms with E-state index < -0.39 is 15.8 Å². The molecule has 0 radical (unpaired) electrons. The van der Waals surface area contributed by atoms with Crippen LogP contribution in [0.25, 0.3) is 11.1 Å². The summed E-state index contributed by atoms with van der Waals surface area (Å²) in [7, 11) is -2.27. The molecule has 0 amide bonds. The molecule has 0 unspecified atom stereocenters. The molecule has 0 fully saturated rings. The van der Waals surface area contributed by atoms with Crippen LogP contribution >= 0.6 is 11.6 Å². The van der Waals surface area contributed by atoms with E-state index in [9.17, 15) is 12.8 Å². The van der Waals surface area contributed by atoms with E-state index in [0.29, 0.717) is 29.3 Å². The number of hydrogen-bond acceptors (Lipinski definition) is 3. The van der Waals surface area contributed by atoms with Crippen LogP contribution in [-0.2, 0) is 10.0 Å². The molecule has 4 nitrogen and oxygen atoms in total. The molecular weight excluding hydrogens is 341 g/mol. The molecule has 1 N–H and O–H groups in total. The molecule has 124 valence electrons. The number of ether oxygens (including phenoxy) is 1. The number of hydrogen-bond donors (Lipinski definition) is 1. The quantitative estimate of drug-likeness (QED) is 0.854. The first-order valence-corrected chi connectivity index (χ1v) is 8.89. The van der Waals surface area contributed by atoms with E-state index in [-0.39, 0.29) is 10.5 Å². The third-order valence-electron chi connectivity index (χ3n) is 3.26. The SMILES string of the molecule is CCCNS(=O)(=O)c1ccc(-c2c(Cl)cccc2OC)c(F)c1. The van der Waals surface area contributed by atoms with Crippen LogP contribution in [0.4, 0.5) is 4.39 Å². The van der Waals surface area contributed by atoms with Crippen LogP contribution in [0.3, 0.4) is 0 Å². The Morgan fingerprint density at radius 2 is 2.00 bits per heavy atom. The van der Waals surface area contributed by atoms with E-state index in [1.165, 1.54) is 19.2 Å². The van der Waals surface area contributed by atoms with Crippen molar-refractivity contribution in [2.45, 2.75) is 18.2 Å². The van der Waals surface area contributed by atoms with Gasteiger partial charge in [-0.05, 0) is 36.8 Å². The molecule has 0 aliphatic rings. The monoisotopic (exact) mass is 357 g/mol. The predicted molar refractivity (Wildman–Crippen MR) is 88.9 cm³/mol. The molecule has 2 aromatic rings. The van der Waals surface area contributed by atoms with E-state index in [1.807, 2.05) is 6.92 Å². The van der Waals surface area contributed by atoms with Gasteiger partial charge in [0.2, 0.25) is 10.0 Å².